The second-order valence-corrected chi connectivity index (χ2v) is 4.80. The number of halogens is 1. The van der Waals surface area contributed by atoms with Crippen LogP contribution in [0.15, 0.2) is 48.5 Å². The number of anilines is 3. The maximum atomic E-state index is 11.2. The van der Waals surface area contributed by atoms with Gasteiger partial charge in [0.15, 0.2) is 0 Å². The minimum absolute atomic E-state index is 0.132. The molecule has 2 aromatic carbocycles. The summed E-state index contributed by atoms with van der Waals surface area (Å²) in [5.41, 5.74) is 2.13. The lowest BCUT2D eigenvalue weighted by atomic mass is 10.1. The Kier molecular flexibility index (Phi) is 4.94. The minimum atomic E-state index is -0.987. The molecule has 3 N–H and O–H groups in total. The number of hydrogen-bond donors (Lipinski definition) is 3. The minimum Gasteiger partial charge on any atom is -0.478 e. The van der Waals surface area contributed by atoms with Crippen molar-refractivity contribution in [3.63, 3.8) is 0 Å². The van der Waals surface area contributed by atoms with Gasteiger partial charge in [-0.15, -0.1) is 0 Å². The van der Waals surface area contributed by atoms with Crippen molar-refractivity contribution < 1.29 is 14.7 Å². The molecule has 0 radical (unpaired) electrons. The highest BCUT2D eigenvalue weighted by Crippen LogP contribution is 2.22. The number of carbonyl (C=O) groups excluding carboxylic acids is 1. The van der Waals surface area contributed by atoms with Crippen LogP contribution in [0.25, 0.3) is 0 Å². The first-order valence-electron chi connectivity index (χ1n) is 6.15. The number of carboxylic acid groups (broad SMARTS) is 1. The lowest BCUT2D eigenvalue weighted by Gasteiger charge is -2.10. The summed E-state index contributed by atoms with van der Waals surface area (Å²) in [7, 11) is 0. The Hall–Kier alpha value is -2.34. The summed E-state index contributed by atoms with van der Waals surface area (Å²) < 4.78 is 0. The molecular weight excluding hydrogens is 336 g/mol. The summed E-state index contributed by atoms with van der Waals surface area (Å²) in [6.45, 7) is 0. The van der Waals surface area contributed by atoms with Crippen molar-refractivity contribution >= 4 is 44.9 Å². The predicted molar refractivity (Wildman–Crippen MR) is 85.5 cm³/mol. The Bertz CT molecular complexity index is 656. The molecule has 0 aliphatic rings. The fourth-order valence-electron chi connectivity index (χ4n) is 1.77. The number of nitrogens with one attached hydrogen (secondary N) is 2. The molecule has 5 nitrogen and oxygen atoms in total. The van der Waals surface area contributed by atoms with Crippen molar-refractivity contribution in [3.05, 3.63) is 54.1 Å². The van der Waals surface area contributed by atoms with E-state index in [-0.39, 0.29) is 16.8 Å². The van der Waals surface area contributed by atoms with Gasteiger partial charge in [0.05, 0.1) is 16.6 Å². The van der Waals surface area contributed by atoms with Gasteiger partial charge in [-0.25, -0.2) is 4.79 Å². The third-order valence-corrected chi connectivity index (χ3v) is 3.24. The SMILES string of the molecule is O=C(CBr)Nc1ccc(Nc2ccccc2C(=O)O)cc1. The van der Waals surface area contributed by atoms with Crippen molar-refractivity contribution in [1.82, 2.24) is 0 Å². The van der Waals surface area contributed by atoms with Gasteiger partial charge < -0.3 is 15.7 Å². The maximum absolute atomic E-state index is 11.2. The number of rotatable bonds is 5. The average molecular weight is 349 g/mol. The molecule has 0 unspecified atom stereocenters. The van der Waals surface area contributed by atoms with Gasteiger partial charge in [-0.1, -0.05) is 28.1 Å². The first kappa shape index (κ1) is 15.1. The number of hydrogen-bond acceptors (Lipinski definition) is 3. The fourth-order valence-corrected chi connectivity index (χ4v) is 1.91. The van der Waals surface area contributed by atoms with Crippen LogP contribution in [0.2, 0.25) is 0 Å². The van der Waals surface area contributed by atoms with Crippen molar-refractivity contribution in [2.24, 2.45) is 0 Å². The standard InChI is InChI=1S/C15H13BrN2O3/c16-9-14(19)18-11-7-5-10(6-8-11)17-13-4-2-1-3-12(13)15(20)21/h1-8,17H,9H2,(H,18,19)(H,20,21). The number of amides is 1. The van der Waals surface area contributed by atoms with Gasteiger partial charge in [-0.05, 0) is 36.4 Å². The fraction of sp³-hybridized carbons (Fsp3) is 0.0667. The van der Waals surface area contributed by atoms with E-state index in [2.05, 4.69) is 26.6 Å². The average Bonchev–Trinajstić information content (AvgIpc) is 2.49. The largest absolute Gasteiger partial charge is 0.478 e. The molecule has 2 rings (SSSR count). The zero-order chi connectivity index (χ0) is 15.2. The van der Waals surface area contributed by atoms with E-state index in [1.165, 1.54) is 6.07 Å². The van der Waals surface area contributed by atoms with Crippen molar-refractivity contribution in [3.8, 4) is 0 Å². The van der Waals surface area contributed by atoms with Crippen molar-refractivity contribution in [2.45, 2.75) is 0 Å². The zero-order valence-corrected chi connectivity index (χ0v) is 12.6. The normalized spacial score (nSPS) is 9.95. The Morgan fingerprint density at radius 2 is 1.62 bits per heavy atom. The highest BCUT2D eigenvalue weighted by atomic mass is 79.9. The highest BCUT2D eigenvalue weighted by Gasteiger charge is 2.08. The monoisotopic (exact) mass is 348 g/mol. The number of para-hydroxylation sites is 1. The summed E-state index contributed by atoms with van der Waals surface area (Å²) >= 11 is 3.07. The van der Waals surface area contributed by atoms with Gasteiger partial charge in [-0.3, -0.25) is 4.79 Å². The van der Waals surface area contributed by atoms with Gasteiger partial charge in [0.1, 0.15) is 0 Å². The molecule has 0 spiro atoms. The predicted octanol–water partition coefficient (Wildman–Crippen LogP) is 3.46. The van der Waals surface area contributed by atoms with Crippen LogP contribution in [0.3, 0.4) is 0 Å². The highest BCUT2D eigenvalue weighted by molar-refractivity contribution is 9.09. The van der Waals surface area contributed by atoms with Crippen LogP contribution >= 0.6 is 15.9 Å². The Morgan fingerprint density at radius 1 is 1.00 bits per heavy atom. The Labute approximate surface area is 130 Å². The maximum Gasteiger partial charge on any atom is 0.337 e. The number of carboxylic acids is 1. The van der Waals surface area contributed by atoms with E-state index < -0.39 is 5.97 Å². The first-order valence-corrected chi connectivity index (χ1v) is 7.27. The Morgan fingerprint density at radius 3 is 2.24 bits per heavy atom. The molecule has 0 heterocycles. The summed E-state index contributed by atoms with van der Waals surface area (Å²) in [6, 6.07) is 13.7. The number of carbonyl (C=O) groups is 2. The number of alkyl halides is 1. The molecule has 2 aromatic rings. The Balaban J connectivity index is 2.14. The molecule has 1 amide bonds. The molecule has 108 valence electrons. The van der Waals surface area contributed by atoms with E-state index in [4.69, 9.17) is 5.11 Å². The van der Waals surface area contributed by atoms with E-state index in [9.17, 15) is 9.59 Å². The van der Waals surface area contributed by atoms with Crippen LogP contribution in [0.1, 0.15) is 10.4 Å². The molecular formula is C15H13BrN2O3. The van der Waals surface area contributed by atoms with Crippen molar-refractivity contribution in [2.75, 3.05) is 16.0 Å². The van der Waals surface area contributed by atoms with Crippen molar-refractivity contribution in [1.29, 1.82) is 0 Å². The summed E-state index contributed by atoms with van der Waals surface area (Å²) in [5, 5.41) is 15.1. The molecule has 0 bridgehead atoms. The van der Waals surface area contributed by atoms with E-state index in [0.29, 0.717) is 11.4 Å². The molecule has 0 aliphatic heterocycles. The smallest absolute Gasteiger partial charge is 0.337 e. The third-order valence-electron chi connectivity index (χ3n) is 2.73. The van der Waals surface area contributed by atoms with Crippen LogP contribution in [-0.4, -0.2) is 22.3 Å². The molecule has 0 fully saturated rings. The molecule has 0 saturated heterocycles. The van der Waals surface area contributed by atoms with Crippen LogP contribution in [0.4, 0.5) is 17.1 Å². The van der Waals surface area contributed by atoms with E-state index >= 15 is 0 Å². The van der Waals surface area contributed by atoms with Gasteiger partial charge in [-0.2, -0.15) is 0 Å². The molecule has 6 heteroatoms. The lowest BCUT2D eigenvalue weighted by molar-refractivity contribution is -0.113. The van der Waals surface area contributed by atoms with Gasteiger partial charge in [0.25, 0.3) is 0 Å². The topological polar surface area (TPSA) is 78.4 Å². The third kappa shape index (κ3) is 4.06. The molecule has 0 aliphatic carbocycles. The molecule has 0 saturated carbocycles. The summed E-state index contributed by atoms with van der Waals surface area (Å²) in [5.74, 6) is -1.12. The zero-order valence-electron chi connectivity index (χ0n) is 11.0. The van der Waals surface area contributed by atoms with Gasteiger partial charge in [0, 0.05) is 11.4 Å². The van der Waals surface area contributed by atoms with Gasteiger partial charge in [0.2, 0.25) is 5.91 Å². The van der Waals surface area contributed by atoms with Crippen LogP contribution in [-0.2, 0) is 4.79 Å². The van der Waals surface area contributed by atoms with E-state index in [0.717, 1.165) is 5.69 Å². The number of aromatic carboxylic acids is 1. The van der Waals surface area contributed by atoms with E-state index in [1.807, 2.05) is 0 Å². The second kappa shape index (κ2) is 6.90. The lowest BCUT2D eigenvalue weighted by Crippen LogP contribution is -2.12. The first-order chi connectivity index (χ1) is 10.1. The second-order valence-electron chi connectivity index (χ2n) is 4.23. The van der Waals surface area contributed by atoms with Gasteiger partial charge >= 0.3 is 5.97 Å². The van der Waals surface area contributed by atoms with Crippen LogP contribution < -0.4 is 10.6 Å². The quantitative estimate of drug-likeness (QED) is 0.723. The summed E-state index contributed by atoms with van der Waals surface area (Å²) in [4.78, 5) is 22.4. The van der Waals surface area contributed by atoms with Crippen LogP contribution in [0.5, 0.6) is 0 Å². The summed E-state index contributed by atoms with van der Waals surface area (Å²) in [6.07, 6.45) is 0. The molecule has 0 aromatic heterocycles. The molecule has 21 heavy (non-hydrogen) atoms. The van der Waals surface area contributed by atoms with E-state index in [1.54, 1.807) is 42.5 Å². The number of benzene rings is 2. The molecule has 0 atom stereocenters. The van der Waals surface area contributed by atoms with Crippen LogP contribution in [0, 0.1) is 0 Å².